The maximum Gasteiger partial charge on any atom is 0.131 e. The Balaban J connectivity index is 1.60. The van der Waals surface area contributed by atoms with Crippen LogP contribution in [-0.4, -0.2) is 46.5 Å². The molecule has 1 fully saturated rings. The van der Waals surface area contributed by atoms with E-state index in [0.717, 1.165) is 54.0 Å². The Bertz CT molecular complexity index is 1020. The molecule has 5 rings (SSSR count). The number of hydrazine groups is 2. The standard InChI is InChI=1S/C20H24N6O2/c1-27-13-14-11-25(24-23-14)12-19-22-18-10-21-17-5-3-2-4-16(17)20(18)26(19)15-6-8-28-9-7-15/h2-5,10-11,15,23-24H,6-9,12-13H2,1H3. The fraction of sp³-hybridized carbons (Fsp3) is 0.400. The van der Waals surface area contributed by atoms with Crippen LogP contribution in [0.5, 0.6) is 0 Å². The van der Waals surface area contributed by atoms with E-state index in [4.69, 9.17) is 14.5 Å². The molecule has 0 saturated carbocycles. The molecular weight excluding hydrogens is 356 g/mol. The Morgan fingerprint density at radius 1 is 1.21 bits per heavy atom. The summed E-state index contributed by atoms with van der Waals surface area (Å²) in [5.41, 5.74) is 10.4. The normalized spacial score (nSPS) is 18.0. The van der Waals surface area contributed by atoms with Crippen LogP contribution in [0.25, 0.3) is 21.9 Å². The van der Waals surface area contributed by atoms with E-state index >= 15 is 0 Å². The van der Waals surface area contributed by atoms with Crippen molar-refractivity contribution < 1.29 is 9.47 Å². The maximum atomic E-state index is 5.61. The van der Waals surface area contributed by atoms with Crippen LogP contribution in [0.3, 0.4) is 0 Å². The van der Waals surface area contributed by atoms with E-state index < -0.39 is 0 Å². The van der Waals surface area contributed by atoms with E-state index in [-0.39, 0.29) is 0 Å². The molecule has 0 atom stereocenters. The smallest absolute Gasteiger partial charge is 0.131 e. The van der Waals surface area contributed by atoms with E-state index in [0.29, 0.717) is 19.2 Å². The Kier molecular flexibility index (Phi) is 4.59. The van der Waals surface area contributed by atoms with E-state index in [1.807, 2.05) is 23.5 Å². The number of para-hydroxylation sites is 1. The molecule has 0 bridgehead atoms. The summed E-state index contributed by atoms with van der Waals surface area (Å²) < 4.78 is 13.2. The zero-order valence-corrected chi connectivity index (χ0v) is 15.9. The Labute approximate surface area is 163 Å². The van der Waals surface area contributed by atoms with Crippen molar-refractivity contribution in [2.24, 2.45) is 0 Å². The second-order valence-corrected chi connectivity index (χ2v) is 7.20. The molecule has 3 aromatic rings. The number of hydrogen-bond acceptors (Lipinski definition) is 7. The highest BCUT2D eigenvalue weighted by molar-refractivity contribution is 6.02. The van der Waals surface area contributed by atoms with Crippen LogP contribution in [0.4, 0.5) is 0 Å². The van der Waals surface area contributed by atoms with Gasteiger partial charge in [-0.15, -0.1) is 5.53 Å². The molecule has 2 aliphatic heterocycles. The number of ether oxygens (including phenoxy) is 2. The number of nitrogens with one attached hydrogen (secondary N) is 2. The van der Waals surface area contributed by atoms with Crippen molar-refractivity contribution in [3.63, 3.8) is 0 Å². The summed E-state index contributed by atoms with van der Waals surface area (Å²) in [5.74, 6) is 1.02. The largest absolute Gasteiger partial charge is 0.381 e. The van der Waals surface area contributed by atoms with Crippen molar-refractivity contribution in [1.29, 1.82) is 0 Å². The SMILES string of the molecule is COCC1=CN(Cc2nc3cnc4ccccc4c3n2C2CCOCC2)NN1. The Morgan fingerprint density at radius 2 is 2.07 bits per heavy atom. The molecule has 4 heterocycles. The molecule has 1 saturated heterocycles. The summed E-state index contributed by atoms with van der Waals surface area (Å²) in [5, 5.41) is 3.15. The maximum absolute atomic E-state index is 5.61. The first kappa shape index (κ1) is 17.4. The van der Waals surface area contributed by atoms with Crippen molar-refractivity contribution in [2.75, 3.05) is 26.9 Å². The monoisotopic (exact) mass is 380 g/mol. The van der Waals surface area contributed by atoms with Crippen molar-refractivity contribution in [1.82, 2.24) is 30.5 Å². The van der Waals surface area contributed by atoms with E-state index in [9.17, 15) is 0 Å². The predicted octanol–water partition coefficient (Wildman–Crippen LogP) is 2.25. The molecular formula is C20H24N6O2. The van der Waals surface area contributed by atoms with Crippen LogP contribution in [0.2, 0.25) is 0 Å². The van der Waals surface area contributed by atoms with Gasteiger partial charge in [0.1, 0.15) is 11.3 Å². The van der Waals surface area contributed by atoms with Gasteiger partial charge in [0.15, 0.2) is 0 Å². The number of methoxy groups -OCH3 is 1. The quantitative estimate of drug-likeness (QED) is 0.703. The summed E-state index contributed by atoms with van der Waals surface area (Å²) in [4.78, 5) is 9.57. The number of imidazole rings is 1. The highest BCUT2D eigenvalue weighted by atomic mass is 16.5. The van der Waals surface area contributed by atoms with Gasteiger partial charge in [0.2, 0.25) is 0 Å². The summed E-state index contributed by atoms with van der Waals surface area (Å²) in [7, 11) is 1.69. The van der Waals surface area contributed by atoms with Gasteiger partial charge in [-0.1, -0.05) is 18.2 Å². The fourth-order valence-corrected chi connectivity index (χ4v) is 4.08. The van der Waals surface area contributed by atoms with Gasteiger partial charge in [0, 0.05) is 38.0 Å². The lowest BCUT2D eigenvalue weighted by Gasteiger charge is -2.27. The first-order valence-corrected chi connectivity index (χ1v) is 9.64. The van der Waals surface area contributed by atoms with Gasteiger partial charge < -0.3 is 19.5 Å². The van der Waals surface area contributed by atoms with Crippen LogP contribution in [-0.2, 0) is 16.0 Å². The molecule has 0 aliphatic carbocycles. The molecule has 28 heavy (non-hydrogen) atoms. The molecule has 2 N–H and O–H groups in total. The zero-order chi connectivity index (χ0) is 18.9. The van der Waals surface area contributed by atoms with E-state index in [1.54, 1.807) is 7.11 Å². The molecule has 0 radical (unpaired) electrons. The van der Waals surface area contributed by atoms with Gasteiger partial charge in [-0.2, -0.15) is 0 Å². The number of benzene rings is 1. The number of hydrogen-bond donors (Lipinski definition) is 2. The van der Waals surface area contributed by atoms with Crippen LogP contribution < -0.4 is 11.0 Å². The third-order valence-corrected chi connectivity index (χ3v) is 5.34. The van der Waals surface area contributed by atoms with E-state index in [1.165, 1.54) is 5.52 Å². The average molecular weight is 380 g/mol. The second kappa shape index (κ2) is 7.38. The molecule has 0 unspecified atom stereocenters. The molecule has 0 amide bonds. The highest BCUT2D eigenvalue weighted by Crippen LogP contribution is 2.32. The Morgan fingerprint density at radius 3 is 2.93 bits per heavy atom. The minimum absolute atomic E-state index is 0.373. The third kappa shape index (κ3) is 3.09. The molecule has 8 heteroatoms. The van der Waals surface area contributed by atoms with Crippen LogP contribution in [0, 0.1) is 0 Å². The van der Waals surface area contributed by atoms with Gasteiger partial charge in [-0.3, -0.25) is 9.99 Å². The summed E-state index contributed by atoms with van der Waals surface area (Å²) in [6.07, 6.45) is 5.89. The van der Waals surface area contributed by atoms with Gasteiger partial charge in [-0.25, -0.2) is 4.98 Å². The van der Waals surface area contributed by atoms with Crippen LogP contribution in [0.15, 0.2) is 42.4 Å². The number of nitrogens with zero attached hydrogens (tertiary/aromatic N) is 4. The predicted molar refractivity (Wildman–Crippen MR) is 106 cm³/mol. The third-order valence-electron chi connectivity index (χ3n) is 5.34. The van der Waals surface area contributed by atoms with Gasteiger partial charge in [0.25, 0.3) is 0 Å². The molecule has 0 spiro atoms. The van der Waals surface area contributed by atoms with Gasteiger partial charge in [0.05, 0.1) is 36.1 Å². The molecule has 146 valence electrons. The topological polar surface area (TPSA) is 76.5 Å². The molecule has 1 aromatic carbocycles. The van der Waals surface area contributed by atoms with Crippen LogP contribution in [0.1, 0.15) is 24.7 Å². The Hall–Kier alpha value is -2.68. The summed E-state index contributed by atoms with van der Waals surface area (Å²) in [6.45, 7) is 2.75. The molecule has 2 aromatic heterocycles. The molecule has 2 aliphatic rings. The van der Waals surface area contributed by atoms with Crippen molar-refractivity contribution in [3.05, 3.63) is 48.2 Å². The lowest BCUT2D eigenvalue weighted by atomic mass is 10.1. The van der Waals surface area contributed by atoms with Crippen molar-refractivity contribution >= 4 is 21.9 Å². The number of aromatic nitrogens is 3. The number of pyridine rings is 1. The first-order chi connectivity index (χ1) is 13.8. The van der Waals surface area contributed by atoms with Gasteiger partial charge >= 0.3 is 0 Å². The van der Waals surface area contributed by atoms with Gasteiger partial charge in [-0.05, 0) is 18.9 Å². The highest BCUT2D eigenvalue weighted by Gasteiger charge is 2.25. The molecule has 8 nitrogen and oxygen atoms in total. The fourth-order valence-electron chi connectivity index (χ4n) is 4.08. The lowest BCUT2D eigenvalue weighted by molar-refractivity contribution is 0.0692. The van der Waals surface area contributed by atoms with Crippen LogP contribution >= 0.6 is 0 Å². The second-order valence-electron chi connectivity index (χ2n) is 7.20. The zero-order valence-electron chi connectivity index (χ0n) is 15.9. The first-order valence-electron chi connectivity index (χ1n) is 9.64. The minimum Gasteiger partial charge on any atom is -0.381 e. The lowest BCUT2D eigenvalue weighted by Crippen LogP contribution is -2.37. The van der Waals surface area contributed by atoms with E-state index in [2.05, 4.69) is 38.7 Å². The minimum atomic E-state index is 0.373. The van der Waals surface area contributed by atoms with Crippen molar-refractivity contribution in [2.45, 2.75) is 25.4 Å². The average Bonchev–Trinajstić information content (AvgIpc) is 3.33. The summed E-state index contributed by atoms with van der Waals surface area (Å²) >= 11 is 0. The number of fused-ring (bicyclic) bond motifs is 3. The van der Waals surface area contributed by atoms with Crippen molar-refractivity contribution in [3.8, 4) is 0 Å². The number of rotatable bonds is 5. The summed E-state index contributed by atoms with van der Waals surface area (Å²) in [6, 6.07) is 8.66.